The number of aliphatic hydroxyl groups is 1. The molecule has 1 rings (SSSR count). The molecule has 2 unspecified atom stereocenters. The lowest BCUT2D eigenvalue weighted by Crippen LogP contribution is -2.19. The van der Waals surface area contributed by atoms with E-state index >= 15 is 0 Å². The summed E-state index contributed by atoms with van der Waals surface area (Å²) in [6.07, 6.45) is 0.507. The first-order valence-corrected chi connectivity index (χ1v) is 5.44. The van der Waals surface area contributed by atoms with Gasteiger partial charge in [0.05, 0.1) is 12.0 Å². The van der Waals surface area contributed by atoms with E-state index < -0.39 is 12.0 Å². The van der Waals surface area contributed by atoms with Crippen molar-refractivity contribution in [2.24, 2.45) is 0 Å². The second-order valence-corrected chi connectivity index (χ2v) is 4.15. The standard InChI is InChI=1S/C11H12Cl2O2/c1-2-11(15)9(6-14)8-4-3-7(12)5-10(8)13/h3-6,9,11,15H,2H2,1H3. The van der Waals surface area contributed by atoms with Crippen LogP contribution in [-0.4, -0.2) is 17.5 Å². The van der Waals surface area contributed by atoms with Gasteiger partial charge in [-0.05, 0) is 24.1 Å². The summed E-state index contributed by atoms with van der Waals surface area (Å²) in [7, 11) is 0. The lowest BCUT2D eigenvalue weighted by Gasteiger charge is -2.17. The van der Waals surface area contributed by atoms with Gasteiger partial charge in [-0.15, -0.1) is 0 Å². The van der Waals surface area contributed by atoms with Gasteiger partial charge in [0, 0.05) is 10.0 Å². The zero-order chi connectivity index (χ0) is 11.4. The molecular formula is C11H12Cl2O2. The molecule has 1 N–H and O–H groups in total. The molecular weight excluding hydrogens is 235 g/mol. The van der Waals surface area contributed by atoms with E-state index in [0.29, 0.717) is 28.3 Å². The van der Waals surface area contributed by atoms with Crippen molar-refractivity contribution in [2.45, 2.75) is 25.4 Å². The Morgan fingerprint density at radius 2 is 2.13 bits per heavy atom. The molecule has 1 aromatic rings. The predicted octanol–water partition coefficient (Wildman–Crippen LogP) is 3.05. The third kappa shape index (κ3) is 2.94. The lowest BCUT2D eigenvalue weighted by atomic mass is 9.93. The summed E-state index contributed by atoms with van der Waals surface area (Å²) in [4.78, 5) is 10.9. The highest BCUT2D eigenvalue weighted by atomic mass is 35.5. The fraction of sp³-hybridized carbons (Fsp3) is 0.364. The molecule has 2 nitrogen and oxygen atoms in total. The van der Waals surface area contributed by atoms with Crippen LogP contribution >= 0.6 is 23.2 Å². The van der Waals surface area contributed by atoms with Crippen LogP contribution in [0.15, 0.2) is 18.2 Å². The van der Waals surface area contributed by atoms with E-state index in [1.807, 2.05) is 6.92 Å². The van der Waals surface area contributed by atoms with Crippen LogP contribution in [0.2, 0.25) is 10.0 Å². The van der Waals surface area contributed by atoms with Crippen molar-refractivity contribution in [1.29, 1.82) is 0 Å². The van der Waals surface area contributed by atoms with E-state index in [0.717, 1.165) is 0 Å². The third-order valence-corrected chi connectivity index (χ3v) is 2.86. The van der Waals surface area contributed by atoms with Gasteiger partial charge in [-0.25, -0.2) is 0 Å². The highest BCUT2D eigenvalue weighted by Crippen LogP contribution is 2.29. The van der Waals surface area contributed by atoms with E-state index in [4.69, 9.17) is 23.2 Å². The summed E-state index contributed by atoms with van der Waals surface area (Å²) in [6.45, 7) is 1.81. The van der Waals surface area contributed by atoms with Crippen LogP contribution in [0.25, 0.3) is 0 Å². The number of rotatable bonds is 4. The molecule has 0 aliphatic carbocycles. The highest BCUT2D eigenvalue weighted by molar-refractivity contribution is 6.35. The molecule has 0 amide bonds. The van der Waals surface area contributed by atoms with Crippen molar-refractivity contribution in [1.82, 2.24) is 0 Å². The lowest BCUT2D eigenvalue weighted by molar-refractivity contribution is -0.111. The van der Waals surface area contributed by atoms with Crippen LogP contribution in [-0.2, 0) is 4.79 Å². The number of carbonyl (C=O) groups is 1. The molecule has 1 aromatic carbocycles. The van der Waals surface area contributed by atoms with Crippen molar-refractivity contribution in [3.63, 3.8) is 0 Å². The Kier molecular flexibility index (Phi) is 4.58. The minimum atomic E-state index is -0.707. The van der Waals surface area contributed by atoms with Crippen LogP contribution in [0.3, 0.4) is 0 Å². The third-order valence-electron chi connectivity index (χ3n) is 2.30. The molecule has 82 valence electrons. The van der Waals surface area contributed by atoms with Gasteiger partial charge in [0.15, 0.2) is 0 Å². The average molecular weight is 247 g/mol. The smallest absolute Gasteiger partial charge is 0.130 e. The molecule has 4 heteroatoms. The molecule has 2 atom stereocenters. The fourth-order valence-electron chi connectivity index (χ4n) is 1.40. The van der Waals surface area contributed by atoms with E-state index in [2.05, 4.69) is 0 Å². The predicted molar refractivity (Wildman–Crippen MR) is 61.6 cm³/mol. The maximum atomic E-state index is 10.9. The van der Waals surface area contributed by atoms with Gasteiger partial charge in [0.25, 0.3) is 0 Å². The molecule has 0 aliphatic rings. The SMILES string of the molecule is CCC(O)C(C=O)c1ccc(Cl)cc1Cl. The van der Waals surface area contributed by atoms with Crippen molar-refractivity contribution in [3.05, 3.63) is 33.8 Å². The number of aliphatic hydroxyl groups excluding tert-OH is 1. The van der Waals surface area contributed by atoms with Gasteiger partial charge in [-0.1, -0.05) is 36.2 Å². The maximum absolute atomic E-state index is 10.9. The van der Waals surface area contributed by atoms with Gasteiger partial charge in [-0.3, -0.25) is 0 Å². The Balaban J connectivity index is 3.07. The van der Waals surface area contributed by atoms with E-state index in [1.54, 1.807) is 18.2 Å². The summed E-state index contributed by atoms with van der Waals surface area (Å²) < 4.78 is 0. The first kappa shape index (κ1) is 12.5. The number of hydrogen-bond acceptors (Lipinski definition) is 2. The largest absolute Gasteiger partial charge is 0.392 e. The zero-order valence-electron chi connectivity index (χ0n) is 8.28. The van der Waals surface area contributed by atoms with Crippen LogP contribution in [0, 0.1) is 0 Å². The molecule has 15 heavy (non-hydrogen) atoms. The minimum Gasteiger partial charge on any atom is -0.392 e. The Morgan fingerprint density at radius 1 is 1.47 bits per heavy atom. The molecule has 0 aromatic heterocycles. The van der Waals surface area contributed by atoms with Gasteiger partial charge < -0.3 is 9.90 Å². The Morgan fingerprint density at radius 3 is 2.60 bits per heavy atom. The summed E-state index contributed by atoms with van der Waals surface area (Å²) >= 11 is 11.7. The molecule has 0 spiro atoms. The van der Waals surface area contributed by atoms with Gasteiger partial charge >= 0.3 is 0 Å². The second kappa shape index (κ2) is 5.50. The number of carbonyl (C=O) groups excluding carboxylic acids is 1. The van der Waals surface area contributed by atoms with E-state index in [9.17, 15) is 9.90 Å². The first-order valence-electron chi connectivity index (χ1n) is 4.68. The van der Waals surface area contributed by atoms with Crippen LogP contribution in [0.5, 0.6) is 0 Å². The summed E-state index contributed by atoms with van der Waals surface area (Å²) in [5, 5.41) is 10.6. The quantitative estimate of drug-likeness (QED) is 0.830. The maximum Gasteiger partial charge on any atom is 0.130 e. The monoisotopic (exact) mass is 246 g/mol. The topological polar surface area (TPSA) is 37.3 Å². The van der Waals surface area contributed by atoms with Gasteiger partial charge in [0.2, 0.25) is 0 Å². The van der Waals surface area contributed by atoms with E-state index in [-0.39, 0.29) is 0 Å². The minimum absolute atomic E-state index is 0.409. The highest BCUT2D eigenvalue weighted by Gasteiger charge is 2.21. The normalized spacial score (nSPS) is 14.7. The molecule has 0 saturated heterocycles. The number of hydrogen-bond donors (Lipinski definition) is 1. The molecule has 0 fully saturated rings. The van der Waals surface area contributed by atoms with Crippen LogP contribution < -0.4 is 0 Å². The summed E-state index contributed by atoms with van der Waals surface area (Å²) in [6, 6.07) is 4.89. The summed E-state index contributed by atoms with van der Waals surface area (Å²) in [5.74, 6) is -0.584. The first-order chi connectivity index (χ1) is 7.10. The Labute approximate surface area is 98.8 Å². The Hall–Kier alpha value is -0.570. The van der Waals surface area contributed by atoms with Crippen molar-refractivity contribution < 1.29 is 9.90 Å². The molecule has 0 aliphatic heterocycles. The molecule has 0 radical (unpaired) electrons. The molecule has 0 heterocycles. The second-order valence-electron chi connectivity index (χ2n) is 3.30. The van der Waals surface area contributed by atoms with Crippen molar-refractivity contribution in [3.8, 4) is 0 Å². The zero-order valence-corrected chi connectivity index (χ0v) is 9.79. The average Bonchev–Trinajstić information content (AvgIpc) is 2.21. The fourth-order valence-corrected chi connectivity index (χ4v) is 1.93. The van der Waals surface area contributed by atoms with Crippen LogP contribution in [0.1, 0.15) is 24.8 Å². The van der Waals surface area contributed by atoms with Crippen molar-refractivity contribution >= 4 is 29.5 Å². The van der Waals surface area contributed by atoms with Crippen LogP contribution in [0.4, 0.5) is 0 Å². The number of benzene rings is 1. The summed E-state index contributed by atoms with van der Waals surface area (Å²) in [5.41, 5.74) is 0.616. The van der Waals surface area contributed by atoms with Crippen molar-refractivity contribution in [2.75, 3.05) is 0 Å². The van der Waals surface area contributed by atoms with Gasteiger partial charge in [-0.2, -0.15) is 0 Å². The van der Waals surface area contributed by atoms with Gasteiger partial charge in [0.1, 0.15) is 6.29 Å². The van der Waals surface area contributed by atoms with E-state index in [1.165, 1.54) is 0 Å². The molecule has 0 bridgehead atoms. The molecule has 0 saturated carbocycles. The number of halogens is 2. The number of aldehydes is 1. The Bertz CT molecular complexity index is 352.